The van der Waals surface area contributed by atoms with Crippen molar-refractivity contribution in [3.8, 4) is 0 Å². The SMILES string of the molecule is N[C@H](CS)CC(=O)O. The lowest BCUT2D eigenvalue weighted by Crippen LogP contribution is -2.25. The Balaban J connectivity index is 3.24. The second kappa shape index (κ2) is 3.74. The summed E-state index contributed by atoms with van der Waals surface area (Å²) in [6.07, 6.45) is 0.00347. The van der Waals surface area contributed by atoms with E-state index in [1.807, 2.05) is 0 Å². The molecule has 1 atom stereocenters. The molecule has 0 aliphatic rings. The van der Waals surface area contributed by atoms with Gasteiger partial charge in [-0.1, -0.05) is 0 Å². The molecule has 3 nitrogen and oxygen atoms in total. The highest BCUT2D eigenvalue weighted by atomic mass is 32.1. The monoisotopic (exact) mass is 135 g/mol. The molecule has 0 aromatic carbocycles. The van der Waals surface area contributed by atoms with Gasteiger partial charge in [-0.25, -0.2) is 0 Å². The maximum atomic E-state index is 9.85. The number of hydrogen-bond acceptors (Lipinski definition) is 3. The number of nitrogens with two attached hydrogens (primary N) is 1. The van der Waals surface area contributed by atoms with Crippen molar-refractivity contribution >= 4 is 18.6 Å². The molecule has 0 aromatic rings. The van der Waals surface area contributed by atoms with Crippen molar-refractivity contribution < 1.29 is 9.90 Å². The van der Waals surface area contributed by atoms with Crippen molar-refractivity contribution in [1.29, 1.82) is 0 Å². The van der Waals surface area contributed by atoms with E-state index < -0.39 is 5.97 Å². The third-order valence-corrected chi connectivity index (χ3v) is 1.14. The molecule has 0 bridgehead atoms. The Morgan fingerprint density at radius 3 is 2.50 bits per heavy atom. The van der Waals surface area contributed by atoms with Crippen LogP contribution in [0.4, 0.5) is 0 Å². The largest absolute Gasteiger partial charge is 0.481 e. The van der Waals surface area contributed by atoms with Crippen molar-refractivity contribution in [2.45, 2.75) is 12.5 Å². The van der Waals surface area contributed by atoms with Gasteiger partial charge in [0, 0.05) is 11.8 Å². The smallest absolute Gasteiger partial charge is 0.304 e. The first-order valence-electron chi connectivity index (χ1n) is 2.25. The number of carboxylic acid groups (broad SMARTS) is 1. The predicted octanol–water partition coefficient (Wildman–Crippen LogP) is -0.282. The van der Waals surface area contributed by atoms with E-state index >= 15 is 0 Å². The average Bonchev–Trinajstić information content (AvgIpc) is 1.65. The summed E-state index contributed by atoms with van der Waals surface area (Å²) in [5.41, 5.74) is 5.22. The molecular weight excluding hydrogens is 126 g/mol. The minimum atomic E-state index is -0.869. The normalized spacial score (nSPS) is 13.2. The second-order valence-electron chi connectivity index (χ2n) is 1.54. The van der Waals surface area contributed by atoms with Gasteiger partial charge in [0.15, 0.2) is 0 Å². The average molecular weight is 135 g/mol. The van der Waals surface area contributed by atoms with E-state index in [0.29, 0.717) is 5.75 Å². The van der Waals surface area contributed by atoms with Gasteiger partial charge in [0.1, 0.15) is 0 Å². The molecule has 0 unspecified atom stereocenters. The molecule has 0 saturated heterocycles. The van der Waals surface area contributed by atoms with Gasteiger partial charge in [-0.05, 0) is 0 Å². The maximum Gasteiger partial charge on any atom is 0.304 e. The summed E-state index contributed by atoms with van der Waals surface area (Å²) >= 11 is 3.80. The zero-order chi connectivity index (χ0) is 6.57. The van der Waals surface area contributed by atoms with Gasteiger partial charge < -0.3 is 10.8 Å². The molecule has 0 spiro atoms. The van der Waals surface area contributed by atoms with E-state index in [0.717, 1.165) is 0 Å². The highest BCUT2D eigenvalue weighted by Crippen LogP contribution is 1.88. The number of aliphatic carboxylic acids is 1. The zero-order valence-corrected chi connectivity index (χ0v) is 5.27. The summed E-state index contributed by atoms with van der Waals surface area (Å²) in [5.74, 6) is -0.446. The molecule has 0 aliphatic heterocycles. The molecule has 0 aliphatic carbocycles. The zero-order valence-electron chi connectivity index (χ0n) is 4.37. The molecule has 8 heavy (non-hydrogen) atoms. The molecule has 0 aromatic heterocycles. The highest BCUT2D eigenvalue weighted by molar-refractivity contribution is 7.80. The molecule has 4 heteroatoms. The molecule has 0 radical (unpaired) electrons. The van der Waals surface area contributed by atoms with Crippen LogP contribution in [0.15, 0.2) is 0 Å². The third-order valence-electron chi connectivity index (χ3n) is 0.671. The number of thiol groups is 1. The molecule has 0 saturated carbocycles. The first-order chi connectivity index (χ1) is 3.66. The Hall–Kier alpha value is -0.220. The molecule has 0 heterocycles. The Kier molecular flexibility index (Phi) is 3.64. The summed E-state index contributed by atoms with van der Waals surface area (Å²) in [5, 5.41) is 8.10. The third kappa shape index (κ3) is 3.95. The quantitative estimate of drug-likeness (QED) is 0.466. The van der Waals surface area contributed by atoms with E-state index in [4.69, 9.17) is 10.8 Å². The van der Waals surface area contributed by atoms with E-state index in [9.17, 15) is 4.79 Å². The Morgan fingerprint density at radius 2 is 2.38 bits per heavy atom. The molecule has 48 valence electrons. The van der Waals surface area contributed by atoms with Gasteiger partial charge in [0.05, 0.1) is 6.42 Å². The summed E-state index contributed by atoms with van der Waals surface area (Å²) in [4.78, 5) is 9.85. The minimum absolute atomic E-state index is 0.00347. The molecular formula is C4H9NO2S. The second-order valence-corrected chi connectivity index (χ2v) is 1.91. The van der Waals surface area contributed by atoms with Crippen molar-refractivity contribution in [3.05, 3.63) is 0 Å². The van der Waals surface area contributed by atoms with Crippen molar-refractivity contribution in [2.24, 2.45) is 5.73 Å². The van der Waals surface area contributed by atoms with E-state index in [2.05, 4.69) is 12.6 Å². The molecule has 0 fully saturated rings. The van der Waals surface area contributed by atoms with Gasteiger partial charge in [-0.2, -0.15) is 12.6 Å². The highest BCUT2D eigenvalue weighted by Gasteiger charge is 2.03. The standard InChI is InChI=1S/C4H9NO2S/c5-3(2-8)1-4(6)7/h3,8H,1-2,5H2,(H,6,7)/t3-/m0/s1. The Labute approximate surface area is 53.3 Å². The van der Waals surface area contributed by atoms with Crippen molar-refractivity contribution in [2.75, 3.05) is 5.75 Å². The number of hydrogen-bond donors (Lipinski definition) is 3. The van der Waals surface area contributed by atoms with Crippen LogP contribution in [0, 0.1) is 0 Å². The van der Waals surface area contributed by atoms with Crippen molar-refractivity contribution in [1.82, 2.24) is 0 Å². The number of carboxylic acids is 1. The molecule has 3 N–H and O–H groups in total. The fourth-order valence-corrected chi connectivity index (χ4v) is 0.418. The van der Waals surface area contributed by atoms with Crippen LogP contribution in [0.1, 0.15) is 6.42 Å². The lowest BCUT2D eigenvalue weighted by molar-refractivity contribution is -0.137. The lowest BCUT2D eigenvalue weighted by atomic mass is 10.3. The van der Waals surface area contributed by atoms with Crippen molar-refractivity contribution in [3.63, 3.8) is 0 Å². The Morgan fingerprint density at radius 1 is 1.88 bits per heavy atom. The topological polar surface area (TPSA) is 63.3 Å². The first kappa shape index (κ1) is 7.78. The van der Waals surface area contributed by atoms with Crippen LogP contribution in [-0.4, -0.2) is 22.9 Å². The minimum Gasteiger partial charge on any atom is -0.481 e. The first-order valence-corrected chi connectivity index (χ1v) is 2.88. The van der Waals surface area contributed by atoms with Crippen LogP contribution >= 0.6 is 12.6 Å². The fourth-order valence-electron chi connectivity index (χ4n) is 0.289. The van der Waals surface area contributed by atoms with Crippen LogP contribution in [0.3, 0.4) is 0 Å². The molecule has 0 rings (SSSR count). The van der Waals surface area contributed by atoms with E-state index in [1.165, 1.54) is 0 Å². The van der Waals surface area contributed by atoms with Gasteiger partial charge in [0.25, 0.3) is 0 Å². The van der Waals surface area contributed by atoms with Crippen LogP contribution < -0.4 is 5.73 Å². The summed E-state index contributed by atoms with van der Waals surface area (Å²) in [7, 11) is 0. The summed E-state index contributed by atoms with van der Waals surface area (Å²) < 4.78 is 0. The van der Waals surface area contributed by atoms with E-state index in [-0.39, 0.29) is 12.5 Å². The predicted molar refractivity (Wildman–Crippen MR) is 34.1 cm³/mol. The van der Waals surface area contributed by atoms with Crippen LogP contribution in [0.25, 0.3) is 0 Å². The molecule has 0 amide bonds. The summed E-state index contributed by atoms with van der Waals surface area (Å²) in [6.45, 7) is 0. The Bertz CT molecular complexity index is 86.1. The fraction of sp³-hybridized carbons (Fsp3) is 0.750. The van der Waals surface area contributed by atoms with Gasteiger partial charge in [0.2, 0.25) is 0 Å². The van der Waals surface area contributed by atoms with Gasteiger partial charge >= 0.3 is 5.97 Å². The van der Waals surface area contributed by atoms with Crippen LogP contribution in [-0.2, 0) is 4.79 Å². The lowest BCUT2D eigenvalue weighted by Gasteiger charge is -2.00. The van der Waals surface area contributed by atoms with Crippen LogP contribution in [0.2, 0.25) is 0 Å². The maximum absolute atomic E-state index is 9.85. The number of carbonyl (C=O) groups is 1. The van der Waals surface area contributed by atoms with E-state index in [1.54, 1.807) is 0 Å². The van der Waals surface area contributed by atoms with Crippen LogP contribution in [0.5, 0.6) is 0 Å². The van der Waals surface area contributed by atoms with Gasteiger partial charge in [-0.15, -0.1) is 0 Å². The van der Waals surface area contributed by atoms with Gasteiger partial charge in [-0.3, -0.25) is 4.79 Å². The number of rotatable bonds is 3. The summed E-state index contributed by atoms with van der Waals surface area (Å²) in [6, 6.07) is -0.309.